The number of nitrogens with zero attached hydrogens (tertiary/aromatic N) is 1. The van der Waals surface area contributed by atoms with Crippen molar-refractivity contribution >= 4 is 39.0 Å². The lowest BCUT2D eigenvalue weighted by molar-refractivity contribution is -0.139. The number of carbonyl (C=O) groups excluding carboxylic acids is 1. The first-order valence-corrected chi connectivity index (χ1v) is 15.5. The quantitative estimate of drug-likeness (QED) is 0.158. The molecule has 0 bridgehead atoms. The number of H-pyrrole nitrogens is 1. The number of amides is 2. The van der Waals surface area contributed by atoms with Crippen molar-refractivity contribution < 1.29 is 27.9 Å². The number of carboxylic acids is 1. The van der Waals surface area contributed by atoms with Gasteiger partial charge in [0.2, 0.25) is 10.0 Å². The number of benzene rings is 3. The molecule has 5 N–H and O–H groups in total. The number of rotatable bonds is 12. The predicted octanol–water partition coefficient (Wildman–Crippen LogP) is 3.34. The third-order valence-electron chi connectivity index (χ3n) is 7.23. The molecular formula is C32H35N5O7S. The van der Waals surface area contributed by atoms with E-state index in [0.717, 1.165) is 5.56 Å². The van der Waals surface area contributed by atoms with Gasteiger partial charge in [0.05, 0.1) is 22.9 Å². The number of ether oxygens (including phenoxy) is 1. The SMILES string of the molecule is COc1cc(C)c(S(=O)(=O)N[C@@H](Cc2nc3ccc(C=CCNC(=O)NCc4ccccc4)cc3c(=O)[nH]2)C(=O)O)c(C)c1C. The van der Waals surface area contributed by atoms with Gasteiger partial charge in [0.25, 0.3) is 5.56 Å². The van der Waals surface area contributed by atoms with Crippen LogP contribution in [0.5, 0.6) is 5.75 Å². The molecule has 3 aromatic carbocycles. The molecule has 1 aromatic heterocycles. The van der Waals surface area contributed by atoms with Gasteiger partial charge in [-0.25, -0.2) is 18.2 Å². The van der Waals surface area contributed by atoms with Gasteiger partial charge < -0.3 is 25.5 Å². The van der Waals surface area contributed by atoms with Crippen LogP contribution < -0.4 is 25.7 Å². The molecule has 0 unspecified atom stereocenters. The fourth-order valence-corrected chi connectivity index (χ4v) is 6.57. The molecule has 0 saturated heterocycles. The lowest BCUT2D eigenvalue weighted by Gasteiger charge is -2.19. The third-order valence-corrected chi connectivity index (χ3v) is 8.99. The molecular weight excluding hydrogens is 598 g/mol. The van der Waals surface area contributed by atoms with Crippen LogP contribution in [0.1, 0.15) is 33.6 Å². The summed E-state index contributed by atoms with van der Waals surface area (Å²) in [4.78, 5) is 44.0. The van der Waals surface area contributed by atoms with Crippen molar-refractivity contribution in [3.63, 3.8) is 0 Å². The van der Waals surface area contributed by atoms with E-state index in [1.807, 2.05) is 30.3 Å². The number of carbonyl (C=O) groups is 2. The Balaban J connectivity index is 1.44. The summed E-state index contributed by atoms with van der Waals surface area (Å²) in [6.45, 7) is 5.61. The van der Waals surface area contributed by atoms with Crippen LogP contribution in [0.2, 0.25) is 0 Å². The van der Waals surface area contributed by atoms with Crippen molar-refractivity contribution in [1.29, 1.82) is 0 Å². The highest BCUT2D eigenvalue weighted by Crippen LogP contribution is 2.30. The number of aromatic nitrogens is 2. The van der Waals surface area contributed by atoms with Crippen molar-refractivity contribution in [2.45, 2.75) is 44.7 Å². The van der Waals surface area contributed by atoms with Crippen LogP contribution in [-0.4, -0.2) is 55.2 Å². The molecule has 0 aliphatic carbocycles. The van der Waals surface area contributed by atoms with Gasteiger partial charge in [0, 0.05) is 19.5 Å². The minimum Gasteiger partial charge on any atom is -0.496 e. The smallest absolute Gasteiger partial charge is 0.322 e. The summed E-state index contributed by atoms with van der Waals surface area (Å²) in [5.74, 6) is -0.894. The summed E-state index contributed by atoms with van der Waals surface area (Å²) in [5, 5.41) is 15.6. The molecule has 2 amide bonds. The Morgan fingerprint density at radius 1 is 1.04 bits per heavy atom. The predicted molar refractivity (Wildman–Crippen MR) is 171 cm³/mol. The van der Waals surface area contributed by atoms with Crippen molar-refractivity contribution in [3.8, 4) is 5.75 Å². The molecule has 12 nitrogen and oxygen atoms in total. The lowest BCUT2D eigenvalue weighted by atomic mass is 10.1. The first-order valence-electron chi connectivity index (χ1n) is 14.0. The van der Waals surface area contributed by atoms with Gasteiger partial charge in [-0.05, 0) is 66.8 Å². The van der Waals surface area contributed by atoms with E-state index in [0.29, 0.717) is 40.1 Å². The second-order valence-corrected chi connectivity index (χ2v) is 12.1. The Morgan fingerprint density at radius 3 is 2.47 bits per heavy atom. The summed E-state index contributed by atoms with van der Waals surface area (Å²) in [7, 11) is -2.78. The lowest BCUT2D eigenvalue weighted by Crippen LogP contribution is -2.43. The Hall–Kier alpha value is -5.01. The number of sulfonamides is 1. The zero-order valence-corrected chi connectivity index (χ0v) is 26.1. The molecule has 0 fully saturated rings. The van der Waals surface area contributed by atoms with Crippen LogP contribution >= 0.6 is 0 Å². The van der Waals surface area contributed by atoms with Crippen LogP contribution in [0, 0.1) is 20.8 Å². The molecule has 1 heterocycles. The fourth-order valence-electron chi connectivity index (χ4n) is 4.86. The highest BCUT2D eigenvalue weighted by Gasteiger charge is 2.30. The topological polar surface area (TPSA) is 180 Å². The molecule has 0 saturated carbocycles. The minimum atomic E-state index is -4.27. The molecule has 0 aliphatic heterocycles. The number of nitrogens with one attached hydrogen (secondary N) is 4. The van der Waals surface area contributed by atoms with E-state index in [1.54, 1.807) is 57.2 Å². The number of fused-ring (bicyclic) bond motifs is 1. The Kier molecular flexibility index (Phi) is 10.4. The van der Waals surface area contributed by atoms with Gasteiger partial charge in [-0.3, -0.25) is 9.59 Å². The van der Waals surface area contributed by atoms with Crippen LogP contribution in [-0.2, 0) is 27.8 Å². The van der Waals surface area contributed by atoms with Crippen molar-refractivity contribution in [2.24, 2.45) is 0 Å². The summed E-state index contributed by atoms with van der Waals surface area (Å²) in [6.07, 6.45) is 3.08. The van der Waals surface area contributed by atoms with Crippen LogP contribution in [0.4, 0.5) is 4.79 Å². The highest BCUT2D eigenvalue weighted by molar-refractivity contribution is 7.89. The van der Waals surface area contributed by atoms with Crippen LogP contribution in [0.3, 0.4) is 0 Å². The molecule has 0 spiro atoms. The molecule has 0 radical (unpaired) electrons. The first kappa shape index (κ1) is 32.9. The van der Waals surface area contributed by atoms with Gasteiger partial charge in [0.15, 0.2) is 0 Å². The number of methoxy groups -OCH3 is 1. The normalized spacial score (nSPS) is 12.3. The Bertz CT molecular complexity index is 1920. The molecule has 4 aromatic rings. The monoisotopic (exact) mass is 633 g/mol. The summed E-state index contributed by atoms with van der Waals surface area (Å²) >= 11 is 0. The number of hydrogen-bond acceptors (Lipinski definition) is 7. The highest BCUT2D eigenvalue weighted by atomic mass is 32.2. The van der Waals surface area contributed by atoms with E-state index in [4.69, 9.17) is 4.74 Å². The zero-order valence-electron chi connectivity index (χ0n) is 25.3. The standard InChI is InChI=1S/C32H35N5O7S/c1-19-15-27(44-4)20(2)21(3)29(19)45(42,43)37-26(31(39)40)17-28-35-25-13-12-22(16-24(25)30(38)36-28)11-8-14-33-32(41)34-18-23-9-6-5-7-10-23/h5-13,15-16,26,37H,14,17-18H2,1-4H3,(H,39,40)(H2,33,34,41)(H,35,36,38)/t26-/m0/s1. The molecule has 0 aliphatic rings. The summed E-state index contributed by atoms with van der Waals surface area (Å²) in [6, 6.07) is 14.1. The van der Waals surface area contributed by atoms with E-state index in [-0.39, 0.29) is 28.7 Å². The average Bonchev–Trinajstić information content (AvgIpc) is 3.00. The number of aromatic amines is 1. The maximum Gasteiger partial charge on any atom is 0.322 e. The maximum atomic E-state index is 13.3. The van der Waals surface area contributed by atoms with Crippen LogP contribution in [0.15, 0.2) is 70.4 Å². The van der Waals surface area contributed by atoms with E-state index in [1.165, 1.54) is 7.11 Å². The van der Waals surface area contributed by atoms with Crippen molar-refractivity contribution in [2.75, 3.05) is 13.7 Å². The molecule has 4 rings (SSSR count). The number of urea groups is 1. The van der Waals surface area contributed by atoms with Gasteiger partial charge in [-0.2, -0.15) is 4.72 Å². The van der Waals surface area contributed by atoms with Gasteiger partial charge in [-0.15, -0.1) is 0 Å². The van der Waals surface area contributed by atoms with Crippen molar-refractivity contribution in [3.05, 3.63) is 105 Å². The van der Waals surface area contributed by atoms with E-state index >= 15 is 0 Å². The summed E-state index contributed by atoms with van der Waals surface area (Å²) in [5.41, 5.74) is 2.93. The third kappa shape index (κ3) is 8.13. The Morgan fingerprint density at radius 2 is 1.78 bits per heavy atom. The zero-order chi connectivity index (χ0) is 32.7. The van der Waals surface area contributed by atoms with E-state index in [2.05, 4.69) is 25.3 Å². The number of aryl methyl sites for hydroxylation is 1. The molecule has 236 valence electrons. The Labute approximate surface area is 260 Å². The van der Waals surface area contributed by atoms with Crippen LogP contribution in [0.25, 0.3) is 17.0 Å². The molecule has 45 heavy (non-hydrogen) atoms. The van der Waals surface area contributed by atoms with E-state index in [9.17, 15) is 27.9 Å². The second-order valence-electron chi connectivity index (χ2n) is 10.4. The van der Waals surface area contributed by atoms with Gasteiger partial charge >= 0.3 is 12.0 Å². The number of hydrogen-bond donors (Lipinski definition) is 5. The fraction of sp³-hybridized carbons (Fsp3) is 0.250. The summed E-state index contributed by atoms with van der Waals surface area (Å²) < 4.78 is 34.3. The molecule has 13 heteroatoms. The number of carboxylic acid groups (broad SMARTS) is 1. The van der Waals surface area contributed by atoms with Gasteiger partial charge in [0.1, 0.15) is 17.6 Å². The second kappa shape index (κ2) is 14.2. The van der Waals surface area contributed by atoms with Gasteiger partial charge in [-0.1, -0.05) is 48.6 Å². The average molecular weight is 634 g/mol. The maximum absolute atomic E-state index is 13.3. The van der Waals surface area contributed by atoms with Crippen molar-refractivity contribution in [1.82, 2.24) is 25.3 Å². The minimum absolute atomic E-state index is 0.0102. The molecule has 1 atom stereocenters. The first-order chi connectivity index (χ1) is 21.4. The van der Waals surface area contributed by atoms with E-state index < -0.39 is 34.0 Å². The largest absolute Gasteiger partial charge is 0.496 e. The number of aliphatic carboxylic acids is 1.